The van der Waals surface area contributed by atoms with Crippen LogP contribution < -0.4 is 0 Å². The quantitative estimate of drug-likeness (QED) is 0.660. The van der Waals surface area contributed by atoms with E-state index in [4.69, 9.17) is 5.11 Å². The van der Waals surface area contributed by atoms with Gasteiger partial charge in [-0.2, -0.15) is 0 Å². The number of carbonyl (C=O) groups is 2. The summed E-state index contributed by atoms with van der Waals surface area (Å²) in [5.41, 5.74) is 1.82. The second-order valence-corrected chi connectivity index (χ2v) is 7.17. The van der Waals surface area contributed by atoms with Crippen LogP contribution in [0.25, 0.3) is 16.7 Å². The normalized spacial score (nSPS) is 16.9. The molecule has 3 aromatic rings. The Balaban J connectivity index is 1.62. The van der Waals surface area contributed by atoms with E-state index >= 15 is 0 Å². The Morgan fingerprint density at radius 3 is 2.57 bits per heavy atom. The number of carboxylic acids is 1. The van der Waals surface area contributed by atoms with Gasteiger partial charge in [-0.05, 0) is 43.2 Å². The Morgan fingerprint density at radius 1 is 1.11 bits per heavy atom. The number of carbonyl (C=O) groups excluding carboxylic acids is 1. The third-order valence-electron chi connectivity index (χ3n) is 5.27. The van der Waals surface area contributed by atoms with E-state index in [0.29, 0.717) is 16.9 Å². The molecule has 2 aromatic heterocycles. The van der Waals surface area contributed by atoms with Gasteiger partial charge in [0.25, 0.3) is 0 Å². The molecule has 7 heteroatoms. The summed E-state index contributed by atoms with van der Waals surface area (Å²) in [6.45, 7) is 0. The molecule has 1 fully saturated rings. The Morgan fingerprint density at radius 2 is 1.86 bits per heavy atom. The monoisotopic (exact) mass is 384 g/mol. The molecule has 0 atom stereocenters. The van der Waals surface area contributed by atoms with Crippen molar-refractivity contribution < 1.29 is 23.5 Å². The van der Waals surface area contributed by atoms with E-state index in [9.17, 15) is 18.4 Å². The van der Waals surface area contributed by atoms with Crippen molar-refractivity contribution in [2.75, 3.05) is 0 Å². The lowest BCUT2D eigenvalue weighted by Gasteiger charge is -2.27. The highest BCUT2D eigenvalue weighted by Crippen LogP contribution is 2.37. The van der Waals surface area contributed by atoms with Crippen LogP contribution >= 0.6 is 0 Å². The molecular weight excluding hydrogens is 366 g/mol. The highest BCUT2D eigenvalue weighted by atomic mass is 19.3. The Bertz CT molecular complexity index is 1060. The van der Waals surface area contributed by atoms with Crippen LogP contribution in [0.4, 0.5) is 8.78 Å². The maximum Gasteiger partial charge on any atom is 0.335 e. The first-order valence-electron chi connectivity index (χ1n) is 9.07. The number of aromatic carboxylic acids is 1. The molecule has 0 bridgehead atoms. The van der Waals surface area contributed by atoms with Gasteiger partial charge in [0.2, 0.25) is 5.92 Å². The van der Waals surface area contributed by atoms with Gasteiger partial charge in [-0.15, -0.1) is 0 Å². The highest BCUT2D eigenvalue weighted by molar-refractivity contribution is 6.00. The number of carboxylic acid groups (broad SMARTS) is 1. The number of Topliss-reactive ketones (excluding diaryl/α,β-unsaturated/α-hetero) is 1. The second-order valence-electron chi connectivity index (χ2n) is 7.17. The Labute approximate surface area is 159 Å². The Hall–Kier alpha value is -3.09. The molecule has 5 nitrogen and oxygen atoms in total. The third-order valence-corrected chi connectivity index (χ3v) is 5.27. The zero-order chi connectivity index (χ0) is 19.9. The van der Waals surface area contributed by atoms with Crippen LogP contribution in [0.15, 0.2) is 48.8 Å². The highest BCUT2D eigenvalue weighted by Gasteiger charge is 2.37. The molecule has 1 aliphatic rings. The van der Waals surface area contributed by atoms with Crippen LogP contribution in [0.2, 0.25) is 0 Å². The molecule has 4 rings (SSSR count). The van der Waals surface area contributed by atoms with Crippen LogP contribution in [-0.4, -0.2) is 32.3 Å². The predicted molar refractivity (Wildman–Crippen MR) is 99.3 cm³/mol. The third kappa shape index (κ3) is 3.40. The summed E-state index contributed by atoms with van der Waals surface area (Å²) < 4.78 is 28.4. The van der Waals surface area contributed by atoms with Gasteiger partial charge in [0.1, 0.15) is 5.65 Å². The van der Waals surface area contributed by atoms with E-state index in [0.717, 1.165) is 5.39 Å². The molecule has 1 N–H and O–H groups in total. The van der Waals surface area contributed by atoms with Gasteiger partial charge in [-0.3, -0.25) is 4.79 Å². The van der Waals surface area contributed by atoms with Gasteiger partial charge in [-0.1, -0.05) is 6.07 Å². The molecule has 0 aliphatic heterocycles. The van der Waals surface area contributed by atoms with Gasteiger partial charge >= 0.3 is 5.97 Å². The van der Waals surface area contributed by atoms with Gasteiger partial charge in [0, 0.05) is 47.8 Å². The van der Waals surface area contributed by atoms with E-state index in [1.165, 1.54) is 12.3 Å². The van der Waals surface area contributed by atoms with E-state index < -0.39 is 17.8 Å². The van der Waals surface area contributed by atoms with Gasteiger partial charge in [-0.25, -0.2) is 18.6 Å². The summed E-state index contributed by atoms with van der Waals surface area (Å²) in [6, 6.07) is 9.99. The number of aromatic nitrogens is 2. The minimum atomic E-state index is -2.67. The van der Waals surface area contributed by atoms with Crippen molar-refractivity contribution >= 4 is 22.8 Å². The first-order chi connectivity index (χ1) is 13.3. The molecule has 0 saturated heterocycles. The Kier molecular flexibility index (Phi) is 4.45. The van der Waals surface area contributed by atoms with Gasteiger partial charge in [0.05, 0.1) is 5.56 Å². The molecule has 144 valence electrons. The fraction of sp³-hybridized carbons (Fsp3) is 0.286. The van der Waals surface area contributed by atoms with Crippen LogP contribution in [0.3, 0.4) is 0 Å². The molecule has 1 aliphatic carbocycles. The summed E-state index contributed by atoms with van der Waals surface area (Å²) >= 11 is 0. The van der Waals surface area contributed by atoms with Crippen LogP contribution in [0, 0.1) is 5.92 Å². The maximum atomic E-state index is 13.3. The topological polar surface area (TPSA) is 72.2 Å². The lowest BCUT2D eigenvalue weighted by atomic mass is 9.82. The summed E-state index contributed by atoms with van der Waals surface area (Å²) in [5.74, 6) is -4.23. The number of rotatable bonds is 4. The fourth-order valence-electron chi connectivity index (χ4n) is 3.69. The van der Waals surface area contributed by atoms with Crippen molar-refractivity contribution in [3.63, 3.8) is 0 Å². The number of alkyl halides is 2. The molecule has 2 heterocycles. The lowest BCUT2D eigenvalue weighted by molar-refractivity contribution is -0.0424. The first kappa shape index (κ1) is 18.3. The molecule has 0 radical (unpaired) electrons. The summed E-state index contributed by atoms with van der Waals surface area (Å²) in [7, 11) is 0. The van der Waals surface area contributed by atoms with Gasteiger partial charge in [0.15, 0.2) is 5.78 Å². The minimum absolute atomic E-state index is 0.148. The number of pyridine rings is 1. The fourth-order valence-corrected chi connectivity index (χ4v) is 3.69. The second kappa shape index (κ2) is 6.82. The molecule has 0 amide bonds. The minimum Gasteiger partial charge on any atom is -0.478 e. The lowest BCUT2D eigenvalue weighted by Crippen LogP contribution is -2.28. The van der Waals surface area contributed by atoms with Crippen LogP contribution in [0.5, 0.6) is 0 Å². The SMILES string of the molecule is O=C(O)c1cccc(-n2ccc3cc(C(=O)C4CCC(F)(F)CC4)cnc32)c1. The number of hydrogen-bond donors (Lipinski definition) is 1. The van der Waals surface area contributed by atoms with Crippen LogP contribution in [0.1, 0.15) is 46.4 Å². The summed E-state index contributed by atoms with van der Waals surface area (Å²) in [5, 5.41) is 9.89. The number of benzene rings is 1. The van der Waals surface area contributed by atoms with E-state index in [2.05, 4.69) is 4.98 Å². The first-order valence-corrected chi connectivity index (χ1v) is 9.07. The molecule has 0 unspecified atom stereocenters. The smallest absolute Gasteiger partial charge is 0.335 e. The number of ketones is 1. The van der Waals surface area contributed by atoms with Crippen LogP contribution in [-0.2, 0) is 0 Å². The summed E-state index contributed by atoms with van der Waals surface area (Å²) in [4.78, 5) is 28.3. The van der Waals surface area contributed by atoms with Crippen molar-refractivity contribution in [2.24, 2.45) is 5.92 Å². The number of halogens is 2. The number of hydrogen-bond acceptors (Lipinski definition) is 3. The molecule has 1 saturated carbocycles. The predicted octanol–water partition coefficient (Wildman–Crippen LogP) is 4.73. The molecule has 28 heavy (non-hydrogen) atoms. The zero-order valence-corrected chi connectivity index (χ0v) is 14.9. The average molecular weight is 384 g/mol. The zero-order valence-electron chi connectivity index (χ0n) is 14.9. The van der Waals surface area contributed by atoms with E-state index in [1.807, 2.05) is 0 Å². The average Bonchev–Trinajstić information content (AvgIpc) is 3.11. The number of fused-ring (bicyclic) bond motifs is 1. The molecule has 1 aromatic carbocycles. The number of nitrogens with zero attached hydrogens (tertiary/aromatic N) is 2. The maximum absolute atomic E-state index is 13.3. The van der Waals surface area contributed by atoms with Crippen molar-refractivity contribution in [1.29, 1.82) is 0 Å². The molecule has 0 spiro atoms. The van der Waals surface area contributed by atoms with Crippen molar-refractivity contribution in [1.82, 2.24) is 9.55 Å². The largest absolute Gasteiger partial charge is 0.478 e. The van der Waals surface area contributed by atoms with Crippen molar-refractivity contribution in [2.45, 2.75) is 31.6 Å². The van der Waals surface area contributed by atoms with E-state index in [1.54, 1.807) is 41.1 Å². The van der Waals surface area contributed by atoms with Gasteiger partial charge < -0.3 is 9.67 Å². The summed E-state index contributed by atoms with van der Waals surface area (Å²) in [6.07, 6.45) is 3.09. The van der Waals surface area contributed by atoms with Crippen molar-refractivity contribution in [3.8, 4) is 5.69 Å². The van der Waals surface area contributed by atoms with E-state index in [-0.39, 0.29) is 37.0 Å². The van der Waals surface area contributed by atoms with Crippen molar-refractivity contribution in [3.05, 3.63) is 59.9 Å². The molecular formula is C21H18F2N2O3. The standard InChI is InChI=1S/C21H18F2N2O3/c22-21(23)7-4-13(5-8-21)18(26)16-10-14-6-9-25(19(14)24-12-16)17-3-1-2-15(11-17)20(27)28/h1-3,6,9-13H,4-5,7-8H2,(H,27,28).